The lowest BCUT2D eigenvalue weighted by molar-refractivity contribution is -0.121. The summed E-state index contributed by atoms with van der Waals surface area (Å²) in [7, 11) is 0. The number of alkyl halides is 1. The van der Waals surface area contributed by atoms with Crippen molar-refractivity contribution in [2.75, 3.05) is 19.0 Å². The summed E-state index contributed by atoms with van der Waals surface area (Å²) < 4.78 is 5.56. The van der Waals surface area contributed by atoms with Crippen molar-refractivity contribution in [3.8, 4) is 0 Å². The third kappa shape index (κ3) is 4.39. The normalized spacial score (nSPS) is 25.5. The monoisotopic (exact) mass is 233 g/mol. The van der Waals surface area contributed by atoms with Gasteiger partial charge in [-0.1, -0.05) is 6.92 Å². The topological polar surface area (TPSA) is 38.3 Å². The van der Waals surface area contributed by atoms with Crippen LogP contribution < -0.4 is 5.32 Å². The fourth-order valence-electron chi connectivity index (χ4n) is 1.94. The number of rotatable bonds is 6. The molecule has 15 heavy (non-hydrogen) atoms. The molecule has 1 aliphatic rings. The third-order valence-corrected chi connectivity index (χ3v) is 3.11. The van der Waals surface area contributed by atoms with Crippen LogP contribution in [0.3, 0.4) is 0 Å². The average molecular weight is 234 g/mol. The predicted molar refractivity (Wildman–Crippen MR) is 61.1 cm³/mol. The van der Waals surface area contributed by atoms with Crippen molar-refractivity contribution < 1.29 is 9.53 Å². The van der Waals surface area contributed by atoms with Crippen LogP contribution in [-0.2, 0) is 9.53 Å². The molecule has 2 atom stereocenters. The molecule has 0 radical (unpaired) electrons. The number of carbonyl (C=O) groups is 1. The number of ether oxygens (including phenoxy) is 1. The Morgan fingerprint density at radius 3 is 3.07 bits per heavy atom. The van der Waals surface area contributed by atoms with E-state index in [4.69, 9.17) is 16.3 Å². The Hall–Kier alpha value is -0.280. The molecule has 88 valence electrons. The van der Waals surface area contributed by atoms with Crippen molar-refractivity contribution in [3.05, 3.63) is 0 Å². The van der Waals surface area contributed by atoms with Gasteiger partial charge in [-0.3, -0.25) is 4.79 Å². The predicted octanol–water partition coefficient (Wildman–Crippen LogP) is 1.94. The molecule has 1 heterocycles. The highest BCUT2D eigenvalue weighted by atomic mass is 35.5. The average Bonchev–Trinajstić information content (AvgIpc) is 2.70. The van der Waals surface area contributed by atoms with Crippen LogP contribution in [0.25, 0.3) is 0 Å². The minimum absolute atomic E-state index is 0.109. The molecule has 4 heteroatoms. The van der Waals surface area contributed by atoms with Gasteiger partial charge in [0.05, 0.1) is 6.10 Å². The van der Waals surface area contributed by atoms with E-state index in [-0.39, 0.29) is 5.91 Å². The van der Waals surface area contributed by atoms with Crippen molar-refractivity contribution in [1.82, 2.24) is 5.32 Å². The highest BCUT2D eigenvalue weighted by Crippen LogP contribution is 2.22. The standard InChI is InChI=1S/C11H20ClNO2/c1-2-10-9(5-7-15-10)8-13-11(14)4-3-6-12/h9-10H,2-8H2,1H3,(H,13,14). The maximum absolute atomic E-state index is 11.3. The lowest BCUT2D eigenvalue weighted by Gasteiger charge is -2.17. The maximum atomic E-state index is 11.3. The smallest absolute Gasteiger partial charge is 0.220 e. The highest BCUT2D eigenvalue weighted by Gasteiger charge is 2.26. The van der Waals surface area contributed by atoms with E-state index in [1.54, 1.807) is 0 Å². The van der Waals surface area contributed by atoms with E-state index >= 15 is 0 Å². The van der Waals surface area contributed by atoms with Crippen molar-refractivity contribution in [3.63, 3.8) is 0 Å². The molecule has 3 nitrogen and oxygen atoms in total. The van der Waals surface area contributed by atoms with Gasteiger partial charge >= 0.3 is 0 Å². The second-order valence-electron chi connectivity index (χ2n) is 3.96. The molecule has 0 aromatic rings. The molecule has 0 spiro atoms. The molecule has 0 aliphatic carbocycles. The summed E-state index contributed by atoms with van der Waals surface area (Å²) in [5.74, 6) is 1.16. The fourth-order valence-corrected chi connectivity index (χ4v) is 2.07. The van der Waals surface area contributed by atoms with Gasteiger partial charge in [-0.25, -0.2) is 0 Å². The first-order chi connectivity index (χ1) is 7.27. The fraction of sp³-hybridized carbons (Fsp3) is 0.909. The summed E-state index contributed by atoms with van der Waals surface area (Å²) in [4.78, 5) is 11.3. The lowest BCUT2D eigenvalue weighted by atomic mass is 10.00. The molecule has 0 aromatic heterocycles. The number of halogens is 1. The van der Waals surface area contributed by atoms with Gasteiger partial charge in [-0.15, -0.1) is 11.6 Å². The summed E-state index contributed by atoms with van der Waals surface area (Å²) in [6.07, 6.45) is 3.72. The Balaban J connectivity index is 2.15. The molecule has 0 saturated carbocycles. The zero-order chi connectivity index (χ0) is 11.1. The van der Waals surface area contributed by atoms with Crippen LogP contribution in [0, 0.1) is 5.92 Å². The molecular formula is C11H20ClNO2. The molecular weight excluding hydrogens is 214 g/mol. The summed E-state index contributed by atoms with van der Waals surface area (Å²) >= 11 is 5.52. The van der Waals surface area contributed by atoms with E-state index in [1.807, 2.05) is 0 Å². The first kappa shape index (κ1) is 12.8. The molecule has 1 aliphatic heterocycles. The van der Waals surface area contributed by atoms with Gasteiger partial charge < -0.3 is 10.1 Å². The van der Waals surface area contributed by atoms with E-state index in [1.165, 1.54) is 0 Å². The second kappa shape index (κ2) is 7.07. The molecule has 1 rings (SSSR count). The highest BCUT2D eigenvalue weighted by molar-refractivity contribution is 6.17. The van der Waals surface area contributed by atoms with Crippen molar-refractivity contribution in [2.24, 2.45) is 5.92 Å². The Kier molecular flexibility index (Phi) is 6.03. The minimum Gasteiger partial charge on any atom is -0.378 e. The molecule has 2 unspecified atom stereocenters. The van der Waals surface area contributed by atoms with Gasteiger partial charge in [0.2, 0.25) is 5.91 Å². The summed E-state index contributed by atoms with van der Waals surface area (Å²) in [5, 5.41) is 2.95. The number of hydrogen-bond acceptors (Lipinski definition) is 2. The van der Waals surface area contributed by atoms with E-state index in [2.05, 4.69) is 12.2 Å². The van der Waals surface area contributed by atoms with Crippen LogP contribution in [0.5, 0.6) is 0 Å². The van der Waals surface area contributed by atoms with Crippen molar-refractivity contribution in [2.45, 2.75) is 38.7 Å². The van der Waals surface area contributed by atoms with E-state index in [0.29, 0.717) is 24.3 Å². The Bertz CT molecular complexity index is 199. The molecule has 1 fully saturated rings. The van der Waals surface area contributed by atoms with Crippen LogP contribution in [0.1, 0.15) is 32.6 Å². The van der Waals surface area contributed by atoms with Crippen LogP contribution in [0.2, 0.25) is 0 Å². The number of hydrogen-bond donors (Lipinski definition) is 1. The third-order valence-electron chi connectivity index (χ3n) is 2.85. The summed E-state index contributed by atoms with van der Waals surface area (Å²) in [6, 6.07) is 0. The van der Waals surface area contributed by atoms with Gasteiger partial charge in [-0.2, -0.15) is 0 Å². The molecule has 0 aromatic carbocycles. The van der Waals surface area contributed by atoms with Crippen molar-refractivity contribution in [1.29, 1.82) is 0 Å². The molecule has 1 N–H and O–H groups in total. The lowest BCUT2D eigenvalue weighted by Crippen LogP contribution is -2.32. The Morgan fingerprint density at radius 2 is 2.40 bits per heavy atom. The SMILES string of the molecule is CCC1OCCC1CNC(=O)CCCCl. The number of amides is 1. The van der Waals surface area contributed by atoms with Crippen LogP contribution in [0.15, 0.2) is 0 Å². The molecule has 1 saturated heterocycles. The first-order valence-corrected chi connectivity index (χ1v) is 6.25. The van der Waals surface area contributed by atoms with E-state index < -0.39 is 0 Å². The minimum atomic E-state index is 0.109. The van der Waals surface area contributed by atoms with Crippen LogP contribution in [-0.4, -0.2) is 31.0 Å². The zero-order valence-electron chi connectivity index (χ0n) is 9.30. The van der Waals surface area contributed by atoms with Gasteiger partial charge in [-0.05, 0) is 19.3 Å². The largest absolute Gasteiger partial charge is 0.378 e. The quantitative estimate of drug-likeness (QED) is 0.712. The van der Waals surface area contributed by atoms with E-state index in [0.717, 1.165) is 32.4 Å². The van der Waals surface area contributed by atoms with Gasteiger partial charge in [0.1, 0.15) is 0 Å². The molecule has 0 bridgehead atoms. The Morgan fingerprint density at radius 1 is 1.60 bits per heavy atom. The van der Waals surface area contributed by atoms with Crippen LogP contribution >= 0.6 is 11.6 Å². The van der Waals surface area contributed by atoms with Gasteiger partial charge in [0.15, 0.2) is 0 Å². The summed E-state index contributed by atoms with van der Waals surface area (Å²) in [6.45, 7) is 3.71. The maximum Gasteiger partial charge on any atom is 0.220 e. The summed E-state index contributed by atoms with van der Waals surface area (Å²) in [5.41, 5.74) is 0. The van der Waals surface area contributed by atoms with Gasteiger partial charge in [0.25, 0.3) is 0 Å². The second-order valence-corrected chi connectivity index (χ2v) is 4.34. The zero-order valence-corrected chi connectivity index (χ0v) is 10.1. The van der Waals surface area contributed by atoms with Crippen molar-refractivity contribution >= 4 is 17.5 Å². The first-order valence-electron chi connectivity index (χ1n) is 5.72. The van der Waals surface area contributed by atoms with Gasteiger partial charge in [0, 0.05) is 31.4 Å². The number of carbonyl (C=O) groups excluding carboxylic acids is 1. The van der Waals surface area contributed by atoms with Crippen LogP contribution in [0.4, 0.5) is 0 Å². The Labute approximate surface area is 96.5 Å². The van der Waals surface area contributed by atoms with E-state index in [9.17, 15) is 4.79 Å². The molecule has 1 amide bonds. The number of nitrogens with one attached hydrogen (secondary N) is 1.